The topological polar surface area (TPSA) is 107 Å². The number of oxazole rings is 1. The molecule has 2 unspecified atom stereocenters. The molecule has 2 rings (SSSR count). The van der Waals surface area contributed by atoms with Crippen LogP contribution in [0.2, 0.25) is 0 Å². The van der Waals surface area contributed by atoms with Gasteiger partial charge in [-0.25, -0.2) is 9.78 Å². The van der Waals surface area contributed by atoms with Gasteiger partial charge in [0.15, 0.2) is 5.69 Å². The lowest BCUT2D eigenvalue weighted by Gasteiger charge is -2.16. The Morgan fingerprint density at radius 2 is 2.07 bits per heavy atom. The molecule has 0 fully saturated rings. The summed E-state index contributed by atoms with van der Waals surface area (Å²) >= 11 is 3.22. The Balaban J connectivity index is 1.95. The van der Waals surface area contributed by atoms with Crippen LogP contribution in [0, 0.1) is 0 Å². The molecule has 0 aliphatic carbocycles. The van der Waals surface area contributed by atoms with E-state index < -0.39 is 17.9 Å². The van der Waals surface area contributed by atoms with Crippen molar-refractivity contribution in [3.8, 4) is 0 Å². The standard InChI is InChI=1S/C20H27N3O4S2/c1-3-26-20(25)17(13-29-12-14-7-5-4-6-8-14)22-18(24)16-11-27-19(23-16)15(21)9-10-28-2/h4-8,11,15,17H,3,9-10,12-13,21H2,1-2H3,(H,22,24). The van der Waals surface area contributed by atoms with Crippen LogP contribution in [0.5, 0.6) is 0 Å². The number of ether oxygens (including phenoxy) is 1. The fourth-order valence-electron chi connectivity index (χ4n) is 2.44. The minimum atomic E-state index is -0.776. The highest BCUT2D eigenvalue weighted by Crippen LogP contribution is 2.17. The summed E-state index contributed by atoms with van der Waals surface area (Å²) in [5, 5.41) is 2.70. The van der Waals surface area contributed by atoms with Crippen molar-refractivity contribution >= 4 is 35.4 Å². The molecule has 7 nitrogen and oxygen atoms in total. The van der Waals surface area contributed by atoms with Crippen LogP contribution in [0.15, 0.2) is 41.0 Å². The molecule has 2 atom stereocenters. The molecule has 0 aliphatic rings. The molecule has 0 saturated heterocycles. The minimum Gasteiger partial charge on any atom is -0.464 e. The summed E-state index contributed by atoms with van der Waals surface area (Å²) in [7, 11) is 0. The molecule has 3 N–H and O–H groups in total. The first-order valence-electron chi connectivity index (χ1n) is 9.34. The van der Waals surface area contributed by atoms with E-state index in [4.69, 9.17) is 14.9 Å². The Labute approximate surface area is 179 Å². The second-order valence-electron chi connectivity index (χ2n) is 6.24. The van der Waals surface area contributed by atoms with Crippen molar-refractivity contribution in [2.75, 3.05) is 24.4 Å². The van der Waals surface area contributed by atoms with Gasteiger partial charge < -0.3 is 20.2 Å². The summed E-state index contributed by atoms with van der Waals surface area (Å²) in [6.45, 7) is 1.97. The molecular weight excluding hydrogens is 410 g/mol. The highest BCUT2D eigenvalue weighted by Gasteiger charge is 2.25. The molecule has 9 heteroatoms. The molecule has 29 heavy (non-hydrogen) atoms. The van der Waals surface area contributed by atoms with Crippen LogP contribution >= 0.6 is 23.5 Å². The predicted octanol–water partition coefficient (Wildman–Crippen LogP) is 3.02. The largest absolute Gasteiger partial charge is 0.464 e. The molecular formula is C20H27N3O4S2. The summed E-state index contributed by atoms with van der Waals surface area (Å²) in [6.07, 6.45) is 3.96. The van der Waals surface area contributed by atoms with Crippen molar-refractivity contribution in [2.45, 2.75) is 31.2 Å². The number of rotatable bonds is 12. The number of carbonyl (C=O) groups excluding carboxylic acids is 2. The third-order valence-corrected chi connectivity index (χ3v) is 5.73. The Hall–Kier alpha value is -1.97. The van der Waals surface area contributed by atoms with Crippen molar-refractivity contribution in [1.29, 1.82) is 0 Å². The SMILES string of the molecule is CCOC(=O)C(CSCc1ccccc1)NC(=O)c1coc(C(N)CCSC)n1. The molecule has 0 aliphatic heterocycles. The van der Waals surface area contributed by atoms with E-state index in [9.17, 15) is 9.59 Å². The van der Waals surface area contributed by atoms with Gasteiger partial charge in [-0.2, -0.15) is 23.5 Å². The lowest BCUT2D eigenvalue weighted by Crippen LogP contribution is -2.43. The molecule has 1 amide bonds. The van der Waals surface area contributed by atoms with Gasteiger partial charge in [0.2, 0.25) is 5.89 Å². The third kappa shape index (κ3) is 7.75. The van der Waals surface area contributed by atoms with Crippen LogP contribution in [0.3, 0.4) is 0 Å². The monoisotopic (exact) mass is 437 g/mol. The smallest absolute Gasteiger partial charge is 0.329 e. The first-order valence-corrected chi connectivity index (χ1v) is 11.9. The summed E-state index contributed by atoms with van der Waals surface area (Å²) in [5.41, 5.74) is 7.27. The molecule has 1 aromatic carbocycles. The quantitative estimate of drug-likeness (QED) is 0.488. The van der Waals surface area contributed by atoms with Gasteiger partial charge in [-0.1, -0.05) is 30.3 Å². The average Bonchev–Trinajstić information content (AvgIpc) is 3.22. The summed E-state index contributed by atoms with van der Waals surface area (Å²) in [4.78, 5) is 29.0. The molecule has 1 heterocycles. The zero-order chi connectivity index (χ0) is 21.1. The number of nitrogens with one attached hydrogen (secondary N) is 1. The van der Waals surface area contributed by atoms with Gasteiger partial charge >= 0.3 is 5.97 Å². The molecule has 158 valence electrons. The third-order valence-electron chi connectivity index (χ3n) is 3.98. The Bertz CT molecular complexity index is 770. The minimum absolute atomic E-state index is 0.0990. The Morgan fingerprint density at radius 1 is 1.31 bits per heavy atom. The maximum Gasteiger partial charge on any atom is 0.329 e. The van der Waals surface area contributed by atoms with E-state index in [1.165, 1.54) is 6.26 Å². The van der Waals surface area contributed by atoms with E-state index in [2.05, 4.69) is 10.3 Å². The second-order valence-corrected chi connectivity index (χ2v) is 8.25. The average molecular weight is 438 g/mol. The fourth-order valence-corrected chi connectivity index (χ4v) is 3.93. The van der Waals surface area contributed by atoms with E-state index in [1.807, 2.05) is 36.6 Å². The van der Waals surface area contributed by atoms with E-state index in [1.54, 1.807) is 30.4 Å². The van der Waals surface area contributed by atoms with Crippen LogP contribution in [-0.4, -0.2) is 47.3 Å². The van der Waals surface area contributed by atoms with Crippen molar-refractivity contribution in [1.82, 2.24) is 10.3 Å². The maximum atomic E-state index is 12.6. The van der Waals surface area contributed by atoms with Crippen molar-refractivity contribution in [3.63, 3.8) is 0 Å². The zero-order valence-corrected chi connectivity index (χ0v) is 18.3. The second kappa shape index (κ2) is 12.6. The summed E-state index contributed by atoms with van der Waals surface area (Å²) < 4.78 is 10.4. The van der Waals surface area contributed by atoms with Gasteiger partial charge in [-0.15, -0.1) is 0 Å². The zero-order valence-electron chi connectivity index (χ0n) is 16.6. The van der Waals surface area contributed by atoms with E-state index in [0.717, 1.165) is 17.1 Å². The van der Waals surface area contributed by atoms with Gasteiger partial charge in [0.25, 0.3) is 5.91 Å². The van der Waals surface area contributed by atoms with Gasteiger partial charge in [0, 0.05) is 11.5 Å². The van der Waals surface area contributed by atoms with Gasteiger partial charge in [0.05, 0.1) is 12.6 Å². The lowest BCUT2D eigenvalue weighted by molar-refractivity contribution is -0.144. The van der Waals surface area contributed by atoms with Crippen LogP contribution in [0.1, 0.15) is 41.3 Å². The molecule has 0 spiro atoms. The van der Waals surface area contributed by atoms with Crippen LogP contribution in [0.25, 0.3) is 0 Å². The number of esters is 1. The van der Waals surface area contributed by atoms with E-state index in [-0.39, 0.29) is 18.3 Å². The highest BCUT2D eigenvalue weighted by molar-refractivity contribution is 7.98. The number of thioether (sulfide) groups is 2. The van der Waals surface area contributed by atoms with Crippen molar-refractivity contribution in [2.24, 2.45) is 5.73 Å². The summed E-state index contributed by atoms with van der Waals surface area (Å²) in [6, 6.07) is 8.77. The molecule has 0 saturated carbocycles. The number of hydrogen-bond donors (Lipinski definition) is 2. The Morgan fingerprint density at radius 3 is 2.76 bits per heavy atom. The molecule has 1 aromatic heterocycles. The Kier molecular flexibility index (Phi) is 10.1. The number of hydrogen-bond acceptors (Lipinski definition) is 8. The highest BCUT2D eigenvalue weighted by atomic mass is 32.2. The van der Waals surface area contributed by atoms with Crippen LogP contribution < -0.4 is 11.1 Å². The number of nitrogens with zero attached hydrogens (tertiary/aromatic N) is 1. The van der Waals surface area contributed by atoms with E-state index in [0.29, 0.717) is 18.1 Å². The fraction of sp³-hybridized carbons (Fsp3) is 0.450. The lowest BCUT2D eigenvalue weighted by atomic mass is 10.2. The van der Waals surface area contributed by atoms with Crippen LogP contribution in [0.4, 0.5) is 0 Å². The number of benzene rings is 1. The van der Waals surface area contributed by atoms with Gasteiger partial charge in [0.1, 0.15) is 12.3 Å². The molecule has 0 bridgehead atoms. The molecule has 0 radical (unpaired) electrons. The van der Waals surface area contributed by atoms with E-state index >= 15 is 0 Å². The summed E-state index contributed by atoms with van der Waals surface area (Å²) in [5.74, 6) is 1.34. The normalized spacial score (nSPS) is 12.9. The number of aromatic nitrogens is 1. The first kappa shape index (κ1) is 23.3. The number of amides is 1. The van der Waals surface area contributed by atoms with Crippen LogP contribution in [-0.2, 0) is 15.3 Å². The first-order chi connectivity index (χ1) is 14.0. The van der Waals surface area contributed by atoms with Crippen molar-refractivity contribution in [3.05, 3.63) is 53.7 Å². The van der Waals surface area contributed by atoms with Crippen molar-refractivity contribution < 1.29 is 18.7 Å². The maximum absolute atomic E-state index is 12.6. The predicted molar refractivity (Wildman–Crippen MR) is 117 cm³/mol. The number of carbonyl (C=O) groups is 2. The molecule has 2 aromatic rings. The van der Waals surface area contributed by atoms with Gasteiger partial charge in [-0.3, -0.25) is 4.79 Å². The van der Waals surface area contributed by atoms with Gasteiger partial charge in [-0.05, 0) is 30.9 Å². The number of nitrogens with two attached hydrogens (primary N) is 1.